The predicted octanol–water partition coefficient (Wildman–Crippen LogP) is 3.79. The Labute approximate surface area is 212 Å². The quantitative estimate of drug-likeness (QED) is 0.231. The Bertz CT molecular complexity index is 901. The molecule has 2 N–H and O–H groups in total. The van der Waals surface area contributed by atoms with Crippen LogP contribution in [0.15, 0.2) is 53.5 Å². The van der Waals surface area contributed by atoms with Crippen LogP contribution in [0.3, 0.4) is 0 Å². The fraction of sp³-hybridized carbons (Fsp3) is 0.458. The van der Waals surface area contributed by atoms with Crippen molar-refractivity contribution in [2.24, 2.45) is 4.99 Å². The molecule has 174 valence electrons. The SMILES string of the molecule is CN=C(NCc1cccc(N2CC=CC2)c1)NCC(c1ccc(C)s1)N1CCOCC1.I. The minimum Gasteiger partial charge on any atom is -0.379 e. The fourth-order valence-electron chi connectivity index (χ4n) is 4.08. The van der Waals surface area contributed by atoms with Gasteiger partial charge >= 0.3 is 0 Å². The first-order chi connectivity index (χ1) is 15.2. The average Bonchev–Trinajstić information content (AvgIpc) is 3.49. The minimum absolute atomic E-state index is 0. The number of nitrogens with one attached hydrogen (secondary N) is 2. The largest absolute Gasteiger partial charge is 0.379 e. The number of aryl methyl sites for hydroxylation is 1. The first-order valence-electron chi connectivity index (χ1n) is 11.0. The summed E-state index contributed by atoms with van der Waals surface area (Å²) in [5.41, 5.74) is 2.53. The van der Waals surface area contributed by atoms with E-state index in [1.165, 1.54) is 21.0 Å². The number of hydrogen-bond donors (Lipinski definition) is 2. The van der Waals surface area contributed by atoms with E-state index >= 15 is 0 Å². The van der Waals surface area contributed by atoms with Gasteiger partial charge in [-0.05, 0) is 36.8 Å². The minimum atomic E-state index is 0. The van der Waals surface area contributed by atoms with Gasteiger partial charge in [0, 0.05) is 61.8 Å². The number of thiophene rings is 1. The molecule has 32 heavy (non-hydrogen) atoms. The topological polar surface area (TPSA) is 52.1 Å². The van der Waals surface area contributed by atoms with Gasteiger partial charge in [-0.15, -0.1) is 35.3 Å². The third kappa shape index (κ3) is 6.69. The van der Waals surface area contributed by atoms with Crippen molar-refractivity contribution < 1.29 is 4.74 Å². The lowest BCUT2D eigenvalue weighted by Gasteiger charge is -2.34. The van der Waals surface area contributed by atoms with E-state index in [4.69, 9.17) is 4.74 Å². The summed E-state index contributed by atoms with van der Waals surface area (Å²) in [4.78, 5) is 12.1. The highest BCUT2D eigenvalue weighted by atomic mass is 127. The fourth-order valence-corrected chi connectivity index (χ4v) is 5.10. The van der Waals surface area contributed by atoms with E-state index in [1.54, 1.807) is 0 Å². The predicted molar refractivity (Wildman–Crippen MR) is 146 cm³/mol. The van der Waals surface area contributed by atoms with Gasteiger partial charge in [0.15, 0.2) is 5.96 Å². The van der Waals surface area contributed by atoms with Gasteiger partial charge < -0.3 is 20.3 Å². The molecule has 2 aromatic rings. The summed E-state index contributed by atoms with van der Waals surface area (Å²) in [7, 11) is 1.83. The number of halogens is 1. The Morgan fingerprint density at radius 2 is 1.91 bits per heavy atom. The second kappa shape index (κ2) is 12.6. The number of aliphatic imine (C=N–C) groups is 1. The molecule has 0 saturated carbocycles. The number of morpholine rings is 1. The molecule has 1 saturated heterocycles. The maximum Gasteiger partial charge on any atom is 0.191 e. The molecule has 2 aliphatic heterocycles. The van der Waals surface area contributed by atoms with E-state index in [2.05, 4.69) is 80.9 Å². The lowest BCUT2D eigenvalue weighted by molar-refractivity contribution is 0.0177. The van der Waals surface area contributed by atoms with E-state index in [9.17, 15) is 0 Å². The van der Waals surface area contributed by atoms with Crippen LogP contribution in [0.5, 0.6) is 0 Å². The zero-order chi connectivity index (χ0) is 21.5. The van der Waals surface area contributed by atoms with Crippen molar-refractivity contribution in [2.45, 2.75) is 19.5 Å². The lowest BCUT2D eigenvalue weighted by Crippen LogP contribution is -2.46. The van der Waals surface area contributed by atoms with Gasteiger partial charge in [-0.2, -0.15) is 0 Å². The number of guanidine groups is 1. The first kappa shape index (κ1) is 25.0. The molecule has 6 nitrogen and oxygen atoms in total. The van der Waals surface area contributed by atoms with Crippen LogP contribution >= 0.6 is 35.3 Å². The highest BCUT2D eigenvalue weighted by molar-refractivity contribution is 14.0. The lowest BCUT2D eigenvalue weighted by atomic mass is 10.2. The van der Waals surface area contributed by atoms with Gasteiger partial charge in [0.05, 0.1) is 19.3 Å². The maximum atomic E-state index is 5.57. The van der Waals surface area contributed by atoms with Gasteiger partial charge in [0.1, 0.15) is 0 Å². The number of nitrogens with zero attached hydrogens (tertiary/aromatic N) is 3. The zero-order valence-electron chi connectivity index (χ0n) is 18.9. The summed E-state index contributed by atoms with van der Waals surface area (Å²) in [6, 6.07) is 13.5. The molecule has 0 aliphatic carbocycles. The van der Waals surface area contributed by atoms with Crippen LogP contribution in [0.4, 0.5) is 5.69 Å². The first-order valence-corrected chi connectivity index (χ1v) is 11.9. The highest BCUT2D eigenvalue weighted by Crippen LogP contribution is 2.28. The van der Waals surface area contributed by atoms with Gasteiger partial charge in [-0.1, -0.05) is 24.3 Å². The van der Waals surface area contributed by atoms with Crippen molar-refractivity contribution in [3.8, 4) is 0 Å². The maximum absolute atomic E-state index is 5.57. The molecule has 1 atom stereocenters. The van der Waals surface area contributed by atoms with Crippen LogP contribution in [0.2, 0.25) is 0 Å². The van der Waals surface area contributed by atoms with Crippen molar-refractivity contribution >= 4 is 47.0 Å². The van der Waals surface area contributed by atoms with E-state index < -0.39 is 0 Å². The summed E-state index contributed by atoms with van der Waals surface area (Å²) in [5.74, 6) is 0.833. The summed E-state index contributed by atoms with van der Waals surface area (Å²) in [5, 5.41) is 7.04. The molecule has 8 heteroatoms. The molecule has 1 aromatic carbocycles. The van der Waals surface area contributed by atoms with Gasteiger partial charge in [0.25, 0.3) is 0 Å². The standard InChI is InChI=1S/C24H33N5OS.HI/c1-19-8-9-23(31-19)22(29-12-14-30-15-13-29)18-27-24(25-2)26-17-20-6-5-7-21(16-20)28-10-3-4-11-28;/h3-9,16,22H,10-15,17-18H2,1-2H3,(H2,25,26,27);1H. The molecule has 0 spiro atoms. The molecule has 1 fully saturated rings. The summed E-state index contributed by atoms with van der Waals surface area (Å²) >= 11 is 1.88. The van der Waals surface area contributed by atoms with Crippen LogP contribution in [0.1, 0.15) is 21.4 Å². The molecule has 4 rings (SSSR count). The molecule has 1 aromatic heterocycles. The van der Waals surface area contributed by atoms with Gasteiger partial charge in [0.2, 0.25) is 0 Å². The van der Waals surface area contributed by atoms with Crippen molar-refractivity contribution in [2.75, 3.05) is 57.9 Å². The normalized spacial score (nSPS) is 17.8. The van der Waals surface area contributed by atoms with Gasteiger partial charge in [-0.25, -0.2) is 0 Å². The van der Waals surface area contributed by atoms with E-state index in [1.807, 2.05) is 18.4 Å². The molecule has 0 amide bonds. The van der Waals surface area contributed by atoms with Crippen LogP contribution in [-0.4, -0.2) is 63.8 Å². The molecular weight excluding hydrogens is 533 g/mol. The van der Waals surface area contributed by atoms with Crippen LogP contribution in [0, 0.1) is 6.92 Å². The Morgan fingerprint density at radius 1 is 1.12 bits per heavy atom. The van der Waals surface area contributed by atoms with Gasteiger partial charge in [-0.3, -0.25) is 9.89 Å². The van der Waals surface area contributed by atoms with E-state index in [-0.39, 0.29) is 24.0 Å². The highest BCUT2D eigenvalue weighted by Gasteiger charge is 2.24. The van der Waals surface area contributed by atoms with Crippen molar-refractivity contribution in [3.63, 3.8) is 0 Å². The Balaban J connectivity index is 0.00000289. The second-order valence-corrected chi connectivity index (χ2v) is 9.28. The Kier molecular flexibility index (Phi) is 9.83. The Hall–Kier alpha value is -1.62. The van der Waals surface area contributed by atoms with E-state index in [0.29, 0.717) is 6.04 Å². The van der Waals surface area contributed by atoms with Crippen molar-refractivity contribution in [1.82, 2.24) is 15.5 Å². The molecule has 1 unspecified atom stereocenters. The number of rotatable bonds is 7. The number of benzene rings is 1. The third-order valence-corrected chi connectivity index (χ3v) is 6.92. The average molecular weight is 568 g/mol. The molecule has 2 aliphatic rings. The molecule has 0 bridgehead atoms. The smallest absolute Gasteiger partial charge is 0.191 e. The molecular formula is C24H34IN5OS. The van der Waals surface area contributed by atoms with Crippen molar-refractivity contribution in [3.05, 3.63) is 63.9 Å². The van der Waals surface area contributed by atoms with Crippen LogP contribution in [-0.2, 0) is 11.3 Å². The molecule has 0 radical (unpaired) electrons. The molecule has 3 heterocycles. The van der Waals surface area contributed by atoms with E-state index in [0.717, 1.165) is 58.4 Å². The third-order valence-electron chi connectivity index (χ3n) is 5.82. The second-order valence-electron chi connectivity index (χ2n) is 7.97. The number of ether oxygens (including phenoxy) is 1. The van der Waals surface area contributed by atoms with Crippen LogP contribution < -0.4 is 15.5 Å². The number of hydrogen-bond acceptors (Lipinski definition) is 5. The zero-order valence-corrected chi connectivity index (χ0v) is 22.1. The summed E-state index contributed by atoms with van der Waals surface area (Å²) in [6.45, 7) is 9.25. The Morgan fingerprint density at radius 3 is 2.59 bits per heavy atom. The van der Waals surface area contributed by atoms with Crippen LogP contribution in [0.25, 0.3) is 0 Å². The number of anilines is 1. The summed E-state index contributed by atoms with van der Waals surface area (Å²) in [6.07, 6.45) is 4.44. The monoisotopic (exact) mass is 567 g/mol. The van der Waals surface area contributed by atoms with Crippen molar-refractivity contribution in [1.29, 1.82) is 0 Å². The summed E-state index contributed by atoms with van der Waals surface area (Å²) < 4.78 is 5.57.